The summed E-state index contributed by atoms with van der Waals surface area (Å²) in [4.78, 5) is 20.9. The van der Waals surface area contributed by atoms with Crippen LogP contribution < -0.4 is 4.90 Å². The standard InChI is InChI=1S/C16H21N3O/c20-16(14-4-2-1-3-5-14)19-12-10-18(11-13-19)15-6-8-17-9-7-15/h1-2,6-9,14H,3-5,10-13H2. The van der Waals surface area contributed by atoms with Gasteiger partial charge in [-0.2, -0.15) is 0 Å². The summed E-state index contributed by atoms with van der Waals surface area (Å²) in [5.74, 6) is 0.566. The van der Waals surface area contributed by atoms with Crippen LogP contribution in [-0.2, 0) is 4.79 Å². The van der Waals surface area contributed by atoms with Crippen LogP contribution in [0.3, 0.4) is 0 Å². The van der Waals surface area contributed by atoms with Crippen LogP contribution in [0.15, 0.2) is 36.7 Å². The second-order valence-electron chi connectivity index (χ2n) is 5.50. The van der Waals surface area contributed by atoms with Crippen molar-refractivity contribution < 1.29 is 4.79 Å². The van der Waals surface area contributed by atoms with Gasteiger partial charge in [0.05, 0.1) is 0 Å². The molecule has 0 N–H and O–H groups in total. The van der Waals surface area contributed by atoms with Gasteiger partial charge in [0.25, 0.3) is 0 Å². The third-order valence-electron chi connectivity index (χ3n) is 4.24. The first-order chi connectivity index (χ1) is 9.84. The third-order valence-corrected chi connectivity index (χ3v) is 4.24. The maximum atomic E-state index is 12.5. The van der Waals surface area contributed by atoms with Crippen molar-refractivity contribution in [2.75, 3.05) is 31.1 Å². The fraction of sp³-hybridized carbons (Fsp3) is 0.500. The highest BCUT2D eigenvalue weighted by atomic mass is 16.2. The maximum Gasteiger partial charge on any atom is 0.226 e. The summed E-state index contributed by atoms with van der Waals surface area (Å²) < 4.78 is 0. The fourth-order valence-corrected chi connectivity index (χ4v) is 3.02. The van der Waals surface area contributed by atoms with Crippen LogP contribution in [0.4, 0.5) is 5.69 Å². The van der Waals surface area contributed by atoms with Crippen LogP contribution in [0.5, 0.6) is 0 Å². The van der Waals surface area contributed by atoms with Gasteiger partial charge in [-0.25, -0.2) is 0 Å². The Hall–Kier alpha value is -1.84. The molecule has 0 spiro atoms. The van der Waals surface area contributed by atoms with Gasteiger partial charge in [-0.15, -0.1) is 0 Å². The number of piperazine rings is 1. The van der Waals surface area contributed by atoms with Crippen LogP contribution in [0.2, 0.25) is 0 Å². The Morgan fingerprint density at radius 1 is 1.10 bits per heavy atom. The topological polar surface area (TPSA) is 36.4 Å². The predicted octanol–water partition coefficient (Wildman–Crippen LogP) is 2.09. The van der Waals surface area contributed by atoms with E-state index < -0.39 is 0 Å². The molecule has 0 bridgehead atoms. The van der Waals surface area contributed by atoms with Crippen LogP contribution in [0.1, 0.15) is 19.3 Å². The zero-order valence-corrected chi connectivity index (χ0v) is 11.7. The van der Waals surface area contributed by atoms with Gasteiger partial charge in [-0.05, 0) is 31.4 Å². The maximum absolute atomic E-state index is 12.5. The molecule has 0 saturated carbocycles. The highest BCUT2D eigenvalue weighted by molar-refractivity contribution is 5.79. The number of nitrogens with zero attached hydrogens (tertiary/aromatic N) is 3. The molecule has 0 aromatic carbocycles. The van der Waals surface area contributed by atoms with E-state index in [0.29, 0.717) is 5.91 Å². The monoisotopic (exact) mass is 271 g/mol. The van der Waals surface area contributed by atoms with E-state index in [9.17, 15) is 4.79 Å². The Morgan fingerprint density at radius 3 is 2.50 bits per heavy atom. The van der Waals surface area contributed by atoms with Crippen molar-refractivity contribution in [3.8, 4) is 0 Å². The smallest absolute Gasteiger partial charge is 0.226 e. The van der Waals surface area contributed by atoms with Gasteiger partial charge >= 0.3 is 0 Å². The molecule has 4 heteroatoms. The fourth-order valence-electron chi connectivity index (χ4n) is 3.02. The minimum absolute atomic E-state index is 0.215. The molecule has 0 radical (unpaired) electrons. The van der Waals surface area contributed by atoms with Gasteiger partial charge in [-0.1, -0.05) is 12.2 Å². The first kappa shape index (κ1) is 13.2. The van der Waals surface area contributed by atoms with Crippen LogP contribution >= 0.6 is 0 Å². The Kier molecular flexibility index (Phi) is 4.00. The van der Waals surface area contributed by atoms with Crippen LogP contribution in [-0.4, -0.2) is 42.0 Å². The van der Waals surface area contributed by atoms with Crippen molar-refractivity contribution in [3.63, 3.8) is 0 Å². The average molecular weight is 271 g/mol. The molecule has 1 aromatic heterocycles. The highest BCUT2D eigenvalue weighted by Gasteiger charge is 2.27. The number of rotatable bonds is 2. The molecule has 2 heterocycles. The molecule has 1 fully saturated rings. The number of aromatic nitrogens is 1. The van der Waals surface area contributed by atoms with Gasteiger partial charge in [0, 0.05) is 50.2 Å². The molecule has 1 amide bonds. The largest absolute Gasteiger partial charge is 0.368 e. The second kappa shape index (κ2) is 6.07. The molecule has 1 atom stereocenters. The van der Waals surface area contributed by atoms with Crippen molar-refractivity contribution >= 4 is 11.6 Å². The van der Waals surface area contributed by atoms with Crippen molar-refractivity contribution in [1.29, 1.82) is 0 Å². The van der Waals surface area contributed by atoms with E-state index >= 15 is 0 Å². The highest BCUT2D eigenvalue weighted by Crippen LogP contribution is 2.22. The molecule has 1 saturated heterocycles. The number of anilines is 1. The lowest BCUT2D eigenvalue weighted by atomic mass is 9.93. The molecule has 1 aliphatic heterocycles. The molecule has 1 aliphatic carbocycles. The van der Waals surface area contributed by atoms with Crippen LogP contribution in [0.25, 0.3) is 0 Å². The van der Waals surface area contributed by atoms with E-state index in [1.165, 1.54) is 5.69 Å². The summed E-state index contributed by atoms with van der Waals surface area (Å²) >= 11 is 0. The van der Waals surface area contributed by atoms with Crippen molar-refractivity contribution in [2.45, 2.75) is 19.3 Å². The van der Waals surface area contributed by atoms with E-state index in [4.69, 9.17) is 0 Å². The predicted molar refractivity (Wildman–Crippen MR) is 79.5 cm³/mol. The van der Waals surface area contributed by atoms with Gasteiger partial charge in [-0.3, -0.25) is 9.78 Å². The van der Waals surface area contributed by atoms with E-state index in [1.807, 2.05) is 29.4 Å². The molecule has 3 rings (SSSR count). The number of amides is 1. The normalized spacial score (nSPS) is 22.9. The zero-order valence-electron chi connectivity index (χ0n) is 11.7. The number of hydrogen-bond donors (Lipinski definition) is 0. The zero-order chi connectivity index (χ0) is 13.8. The molecule has 2 aliphatic rings. The van der Waals surface area contributed by atoms with E-state index in [-0.39, 0.29) is 5.92 Å². The van der Waals surface area contributed by atoms with Crippen molar-refractivity contribution in [1.82, 2.24) is 9.88 Å². The van der Waals surface area contributed by atoms with Gasteiger partial charge in [0.2, 0.25) is 5.91 Å². The van der Waals surface area contributed by atoms with Crippen LogP contribution in [0, 0.1) is 5.92 Å². The summed E-state index contributed by atoms with van der Waals surface area (Å²) in [5.41, 5.74) is 1.20. The first-order valence-electron chi connectivity index (χ1n) is 7.43. The SMILES string of the molecule is O=C(C1CC=CCC1)N1CCN(c2ccncc2)CC1. The van der Waals surface area contributed by atoms with E-state index in [0.717, 1.165) is 45.4 Å². The average Bonchev–Trinajstić information content (AvgIpc) is 2.56. The molecule has 1 unspecified atom stereocenters. The Morgan fingerprint density at radius 2 is 1.85 bits per heavy atom. The minimum atomic E-state index is 0.215. The van der Waals surface area contributed by atoms with E-state index in [1.54, 1.807) is 0 Å². The molecule has 20 heavy (non-hydrogen) atoms. The molecule has 106 valence electrons. The molecular weight excluding hydrogens is 250 g/mol. The van der Waals surface area contributed by atoms with Gasteiger partial charge in [0.15, 0.2) is 0 Å². The Bertz CT molecular complexity index is 478. The van der Waals surface area contributed by atoms with Gasteiger partial charge in [0.1, 0.15) is 0 Å². The lowest BCUT2D eigenvalue weighted by Gasteiger charge is -2.37. The first-order valence-corrected chi connectivity index (χ1v) is 7.43. The lowest BCUT2D eigenvalue weighted by molar-refractivity contribution is -0.136. The summed E-state index contributed by atoms with van der Waals surface area (Å²) in [7, 11) is 0. The number of carbonyl (C=O) groups excluding carboxylic acids is 1. The minimum Gasteiger partial charge on any atom is -0.368 e. The lowest BCUT2D eigenvalue weighted by Crippen LogP contribution is -2.50. The third kappa shape index (κ3) is 2.84. The number of hydrogen-bond acceptors (Lipinski definition) is 3. The molecule has 1 aromatic rings. The van der Waals surface area contributed by atoms with Gasteiger partial charge < -0.3 is 9.80 Å². The summed E-state index contributed by atoms with van der Waals surface area (Å²) in [6, 6.07) is 4.06. The Labute approximate surface area is 120 Å². The second-order valence-corrected chi connectivity index (χ2v) is 5.50. The Balaban J connectivity index is 1.56. The number of carbonyl (C=O) groups is 1. The summed E-state index contributed by atoms with van der Waals surface area (Å²) in [5, 5.41) is 0. The van der Waals surface area contributed by atoms with Crippen molar-refractivity contribution in [2.24, 2.45) is 5.92 Å². The van der Waals surface area contributed by atoms with Crippen molar-refractivity contribution in [3.05, 3.63) is 36.7 Å². The number of allylic oxidation sites excluding steroid dienone is 2. The molecular formula is C16H21N3O. The number of pyridine rings is 1. The molecule has 4 nitrogen and oxygen atoms in total. The van der Waals surface area contributed by atoms with E-state index in [2.05, 4.69) is 22.0 Å². The summed E-state index contributed by atoms with van der Waals surface area (Å²) in [6.45, 7) is 3.50. The quantitative estimate of drug-likeness (QED) is 0.773. The summed E-state index contributed by atoms with van der Waals surface area (Å²) in [6.07, 6.45) is 11.0.